The van der Waals surface area contributed by atoms with E-state index in [1.54, 1.807) is 7.05 Å². The fourth-order valence-corrected chi connectivity index (χ4v) is 3.12. The number of halogens is 1. The summed E-state index contributed by atoms with van der Waals surface area (Å²) in [5.74, 6) is -0.557. The van der Waals surface area contributed by atoms with Gasteiger partial charge in [0.2, 0.25) is 10.0 Å². The van der Waals surface area contributed by atoms with Gasteiger partial charge in [-0.2, -0.15) is 0 Å². The van der Waals surface area contributed by atoms with Crippen molar-refractivity contribution in [2.24, 2.45) is 0 Å². The molecule has 7 heteroatoms. The molecule has 1 aromatic rings. The molecule has 1 rings (SSSR count). The van der Waals surface area contributed by atoms with E-state index in [0.29, 0.717) is 25.1 Å². The molecular formula is C13H22FN3O2S. The van der Waals surface area contributed by atoms with Gasteiger partial charge in [0.05, 0.1) is 4.90 Å². The predicted octanol–water partition coefficient (Wildman–Crippen LogP) is 0.775. The Hall–Kier alpha value is -1.02. The van der Waals surface area contributed by atoms with Crippen LogP contribution in [0.2, 0.25) is 0 Å². The molecule has 0 fully saturated rings. The van der Waals surface area contributed by atoms with E-state index in [2.05, 4.69) is 10.0 Å². The highest BCUT2D eigenvalue weighted by molar-refractivity contribution is 7.89. The maximum atomic E-state index is 13.3. The first-order valence-electron chi connectivity index (χ1n) is 6.44. The molecule has 5 nitrogen and oxygen atoms in total. The summed E-state index contributed by atoms with van der Waals surface area (Å²) in [6.45, 7) is 1.49. The largest absolute Gasteiger partial charge is 0.316 e. The van der Waals surface area contributed by atoms with E-state index in [-0.39, 0.29) is 4.90 Å². The Balaban J connectivity index is 2.83. The number of hydrogen-bond acceptors (Lipinski definition) is 4. The summed E-state index contributed by atoms with van der Waals surface area (Å²) in [6, 6.07) is 3.80. The van der Waals surface area contributed by atoms with E-state index in [0.717, 1.165) is 12.6 Å². The number of nitrogens with zero attached hydrogens (tertiary/aromatic N) is 1. The third-order valence-electron chi connectivity index (χ3n) is 2.76. The van der Waals surface area contributed by atoms with Crippen LogP contribution in [0.25, 0.3) is 0 Å². The average molecular weight is 303 g/mol. The summed E-state index contributed by atoms with van der Waals surface area (Å²) in [7, 11) is 1.88. The molecule has 0 saturated carbocycles. The third kappa shape index (κ3) is 5.16. The second kappa shape index (κ2) is 7.68. The van der Waals surface area contributed by atoms with Gasteiger partial charge in [0.1, 0.15) is 5.82 Å². The Bertz CT molecular complexity index is 532. The van der Waals surface area contributed by atoms with Crippen molar-refractivity contribution in [2.45, 2.75) is 17.9 Å². The molecule has 0 heterocycles. The zero-order valence-corrected chi connectivity index (χ0v) is 12.9. The fourth-order valence-electron chi connectivity index (χ4n) is 1.79. The molecular weight excluding hydrogens is 281 g/mol. The van der Waals surface area contributed by atoms with Crippen LogP contribution in [0.4, 0.5) is 4.39 Å². The monoisotopic (exact) mass is 303 g/mol. The molecule has 0 aliphatic carbocycles. The first kappa shape index (κ1) is 17.0. The molecule has 0 bridgehead atoms. The molecule has 0 aromatic heterocycles. The molecule has 0 radical (unpaired) electrons. The lowest BCUT2D eigenvalue weighted by atomic mass is 10.2. The number of hydrogen-bond donors (Lipinski definition) is 2. The van der Waals surface area contributed by atoms with Crippen molar-refractivity contribution < 1.29 is 12.8 Å². The predicted molar refractivity (Wildman–Crippen MR) is 77.5 cm³/mol. The molecule has 0 unspecified atom stereocenters. The van der Waals surface area contributed by atoms with E-state index in [1.165, 1.54) is 12.1 Å². The lowest BCUT2D eigenvalue weighted by Gasteiger charge is -2.13. The zero-order valence-electron chi connectivity index (χ0n) is 12.1. The van der Waals surface area contributed by atoms with Crippen molar-refractivity contribution >= 4 is 10.0 Å². The molecule has 0 amide bonds. The van der Waals surface area contributed by atoms with Crippen molar-refractivity contribution in [1.29, 1.82) is 0 Å². The van der Waals surface area contributed by atoms with Crippen LogP contribution in [0.1, 0.15) is 12.0 Å². The van der Waals surface area contributed by atoms with Crippen LogP contribution in [0, 0.1) is 5.82 Å². The molecule has 20 heavy (non-hydrogen) atoms. The molecule has 0 spiro atoms. The topological polar surface area (TPSA) is 61.4 Å². The van der Waals surface area contributed by atoms with Gasteiger partial charge in [-0.25, -0.2) is 17.5 Å². The van der Waals surface area contributed by atoms with Crippen molar-refractivity contribution in [3.05, 3.63) is 29.6 Å². The normalized spacial score (nSPS) is 12.1. The number of sulfonamides is 1. The van der Waals surface area contributed by atoms with Crippen LogP contribution in [-0.4, -0.2) is 47.6 Å². The number of rotatable bonds is 8. The van der Waals surface area contributed by atoms with Crippen molar-refractivity contribution in [1.82, 2.24) is 14.9 Å². The quantitative estimate of drug-likeness (QED) is 0.697. The van der Waals surface area contributed by atoms with Crippen LogP contribution >= 0.6 is 0 Å². The summed E-state index contributed by atoms with van der Waals surface area (Å²) in [5.41, 5.74) is 0.550. The van der Waals surface area contributed by atoms with E-state index in [9.17, 15) is 12.8 Å². The molecule has 0 aliphatic heterocycles. The minimum atomic E-state index is -3.68. The third-order valence-corrected chi connectivity index (χ3v) is 4.30. The van der Waals surface area contributed by atoms with Gasteiger partial charge in [-0.15, -0.1) is 0 Å². The molecule has 2 N–H and O–H groups in total. The zero-order chi connectivity index (χ0) is 15.2. The summed E-state index contributed by atoms with van der Waals surface area (Å²) in [4.78, 5) is 1.97. The summed E-state index contributed by atoms with van der Waals surface area (Å²) < 4.78 is 40.2. The SMILES string of the molecule is CNCc1ccc(F)cc1S(=O)(=O)NCCCN(C)C. The number of benzene rings is 1. The summed E-state index contributed by atoms with van der Waals surface area (Å²) in [5, 5.41) is 2.88. The van der Waals surface area contributed by atoms with Crippen LogP contribution in [0.15, 0.2) is 23.1 Å². The molecule has 0 saturated heterocycles. The minimum Gasteiger partial charge on any atom is -0.316 e. The van der Waals surface area contributed by atoms with Gasteiger partial charge >= 0.3 is 0 Å². The van der Waals surface area contributed by atoms with Crippen LogP contribution in [-0.2, 0) is 16.6 Å². The average Bonchev–Trinajstić information content (AvgIpc) is 2.37. The summed E-state index contributed by atoms with van der Waals surface area (Å²) >= 11 is 0. The minimum absolute atomic E-state index is 0.00305. The van der Waals surface area contributed by atoms with Gasteiger partial charge in [0.25, 0.3) is 0 Å². The fraction of sp³-hybridized carbons (Fsp3) is 0.538. The van der Waals surface area contributed by atoms with Crippen molar-refractivity contribution in [2.75, 3.05) is 34.2 Å². The van der Waals surface area contributed by atoms with Gasteiger partial charge < -0.3 is 10.2 Å². The Labute approximate surface area is 120 Å². The van der Waals surface area contributed by atoms with Crippen molar-refractivity contribution in [3.63, 3.8) is 0 Å². The maximum Gasteiger partial charge on any atom is 0.240 e. The Kier molecular flexibility index (Phi) is 6.54. The molecule has 1 aromatic carbocycles. The highest BCUT2D eigenvalue weighted by atomic mass is 32.2. The standard InChI is InChI=1S/C13H22FN3O2S/c1-15-10-11-5-6-12(14)9-13(11)20(18,19)16-7-4-8-17(2)3/h5-6,9,15-16H,4,7-8,10H2,1-3H3. The second-order valence-corrected chi connectivity index (χ2v) is 6.57. The molecule has 114 valence electrons. The summed E-state index contributed by atoms with van der Waals surface area (Å²) in [6.07, 6.45) is 0.697. The number of nitrogens with one attached hydrogen (secondary N) is 2. The maximum absolute atomic E-state index is 13.3. The van der Waals surface area contributed by atoms with E-state index < -0.39 is 15.8 Å². The Morgan fingerprint density at radius 3 is 2.60 bits per heavy atom. The van der Waals surface area contributed by atoms with Gasteiger partial charge in [-0.05, 0) is 51.8 Å². The second-order valence-electron chi connectivity index (χ2n) is 4.84. The van der Waals surface area contributed by atoms with Gasteiger partial charge in [-0.1, -0.05) is 6.07 Å². The lowest BCUT2D eigenvalue weighted by molar-refractivity contribution is 0.400. The van der Waals surface area contributed by atoms with E-state index >= 15 is 0 Å². The first-order chi connectivity index (χ1) is 9.36. The lowest BCUT2D eigenvalue weighted by Crippen LogP contribution is -2.28. The van der Waals surface area contributed by atoms with Gasteiger partial charge in [-0.3, -0.25) is 0 Å². The van der Waals surface area contributed by atoms with Gasteiger partial charge in [0, 0.05) is 13.1 Å². The van der Waals surface area contributed by atoms with Gasteiger partial charge in [0.15, 0.2) is 0 Å². The van der Waals surface area contributed by atoms with Crippen LogP contribution < -0.4 is 10.0 Å². The highest BCUT2D eigenvalue weighted by Crippen LogP contribution is 2.17. The van der Waals surface area contributed by atoms with E-state index in [1.807, 2.05) is 19.0 Å². The first-order valence-corrected chi connectivity index (χ1v) is 7.92. The molecule has 0 aliphatic rings. The van der Waals surface area contributed by atoms with Crippen LogP contribution in [0.5, 0.6) is 0 Å². The smallest absolute Gasteiger partial charge is 0.240 e. The molecule has 0 atom stereocenters. The Morgan fingerprint density at radius 1 is 1.30 bits per heavy atom. The van der Waals surface area contributed by atoms with Crippen LogP contribution in [0.3, 0.4) is 0 Å². The van der Waals surface area contributed by atoms with Crippen molar-refractivity contribution in [3.8, 4) is 0 Å². The van der Waals surface area contributed by atoms with E-state index in [4.69, 9.17) is 0 Å². The Morgan fingerprint density at radius 2 is 2.00 bits per heavy atom. The highest BCUT2D eigenvalue weighted by Gasteiger charge is 2.18.